The lowest BCUT2D eigenvalue weighted by molar-refractivity contribution is 0.164. The smallest absolute Gasteiger partial charge is 0.0574 e. The Morgan fingerprint density at radius 3 is 3.11 bits per heavy atom. The molecule has 0 aromatic heterocycles. The van der Waals surface area contributed by atoms with Gasteiger partial charge in [0.25, 0.3) is 0 Å². The number of unbranched alkanes of at least 4 members (excludes halogenated alkanes) is 1. The Bertz CT molecular complexity index is 321. The van der Waals surface area contributed by atoms with Crippen molar-refractivity contribution in [1.29, 1.82) is 0 Å². The Hall–Kier alpha value is -0.600. The highest BCUT2D eigenvalue weighted by Crippen LogP contribution is 2.51. The molecule has 0 radical (unpaired) electrons. The fourth-order valence-electron chi connectivity index (χ4n) is 3.44. The molecule has 0 heterocycles. The summed E-state index contributed by atoms with van der Waals surface area (Å²) in [6.07, 6.45) is 15.3. The lowest BCUT2D eigenvalue weighted by atomic mass is 9.80. The average Bonchev–Trinajstić information content (AvgIpc) is 2.82. The highest BCUT2D eigenvalue weighted by atomic mass is 16.3. The second kappa shape index (κ2) is 6.03. The number of aliphatic hydroxyl groups is 2. The van der Waals surface area contributed by atoms with Gasteiger partial charge in [-0.1, -0.05) is 44.1 Å². The van der Waals surface area contributed by atoms with Crippen LogP contribution < -0.4 is 0 Å². The monoisotopic (exact) mass is 250 g/mol. The zero-order chi connectivity index (χ0) is 13.0. The standard InChI is InChI=1S/C16H26O2/c1-2-3-7-14(17)8-5-10-16-9-4-6-13(16)11-15(18)12-16/h4-5,9-10,13-15,17-18H,2-3,6-8,11-12H2,1H3/b10-5+/t13?,14-,15?,16?/m0/s1. The minimum atomic E-state index is -0.201. The number of hydrogen-bond acceptors (Lipinski definition) is 2. The Morgan fingerprint density at radius 1 is 1.50 bits per heavy atom. The van der Waals surface area contributed by atoms with Crippen molar-refractivity contribution in [2.75, 3.05) is 0 Å². The molecule has 0 aromatic rings. The van der Waals surface area contributed by atoms with Crippen molar-refractivity contribution < 1.29 is 10.2 Å². The molecular formula is C16H26O2. The summed E-state index contributed by atoms with van der Waals surface area (Å²) in [5.74, 6) is 0.580. The molecule has 2 rings (SSSR count). The lowest BCUT2D eigenvalue weighted by Gasteiger charge is -2.24. The molecule has 102 valence electrons. The molecule has 4 atom stereocenters. The summed E-state index contributed by atoms with van der Waals surface area (Å²) < 4.78 is 0. The summed E-state index contributed by atoms with van der Waals surface area (Å²) in [5.41, 5.74) is 0.0872. The van der Waals surface area contributed by atoms with Gasteiger partial charge in [-0.3, -0.25) is 0 Å². The summed E-state index contributed by atoms with van der Waals surface area (Å²) in [4.78, 5) is 0. The van der Waals surface area contributed by atoms with E-state index in [1.165, 1.54) is 0 Å². The average molecular weight is 250 g/mol. The second-order valence-corrected chi connectivity index (χ2v) is 5.98. The molecule has 0 aromatic carbocycles. The van der Waals surface area contributed by atoms with Crippen LogP contribution in [0.25, 0.3) is 0 Å². The van der Waals surface area contributed by atoms with Crippen molar-refractivity contribution >= 4 is 0 Å². The van der Waals surface area contributed by atoms with Gasteiger partial charge < -0.3 is 10.2 Å². The fourth-order valence-corrected chi connectivity index (χ4v) is 3.44. The van der Waals surface area contributed by atoms with Crippen molar-refractivity contribution in [3.05, 3.63) is 24.3 Å². The van der Waals surface area contributed by atoms with Crippen LogP contribution in [0, 0.1) is 11.3 Å². The van der Waals surface area contributed by atoms with Crippen molar-refractivity contribution in [3.63, 3.8) is 0 Å². The Kier molecular flexibility index (Phi) is 4.63. The van der Waals surface area contributed by atoms with Crippen LogP contribution in [-0.4, -0.2) is 22.4 Å². The molecule has 2 aliphatic rings. The minimum Gasteiger partial charge on any atom is -0.393 e. The predicted molar refractivity (Wildman–Crippen MR) is 74.2 cm³/mol. The van der Waals surface area contributed by atoms with Crippen LogP contribution >= 0.6 is 0 Å². The minimum absolute atomic E-state index is 0.0872. The zero-order valence-corrected chi connectivity index (χ0v) is 11.4. The van der Waals surface area contributed by atoms with Gasteiger partial charge in [-0.2, -0.15) is 0 Å². The highest BCUT2D eigenvalue weighted by Gasteiger charge is 2.44. The SMILES string of the molecule is CCCC[C@H](O)C/C=C/C12C=CCC1CC(O)C2. The number of allylic oxidation sites excluding steroid dienone is 3. The second-order valence-electron chi connectivity index (χ2n) is 5.98. The van der Waals surface area contributed by atoms with E-state index in [1.54, 1.807) is 0 Å². The quantitative estimate of drug-likeness (QED) is 0.711. The molecule has 3 unspecified atom stereocenters. The molecule has 0 amide bonds. The first-order chi connectivity index (χ1) is 8.66. The van der Waals surface area contributed by atoms with Crippen LogP contribution in [0.5, 0.6) is 0 Å². The van der Waals surface area contributed by atoms with Gasteiger partial charge in [-0.25, -0.2) is 0 Å². The molecule has 0 spiro atoms. The zero-order valence-electron chi connectivity index (χ0n) is 11.4. The van der Waals surface area contributed by atoms with E-state index in [4.69, 9.17) is 0 Å². The first kappa shape index (κ1) is 13.8. The van der Waals surface area contributed by atoms with Crippen LogP contribution in [0.4, 0.5) is 0 Å². The third-order valence-corrected chi connectivity index (χ3v) is 4.48. The van der Waals surface area contributed by atoms with Crippen LogP contribution in [0.3, 0.4) is 0 Å². The van der Waals surface area contributed by atoms with E-state index in [0.717, 1.165) is 44.9 Å². The van der Waals surface area contributed by atoms with Gasteiger partial charge in [0.1, 0.15) is 0 Å². The van der Waals surface area contributed by atoms with Gasteiger partial charge >= 0.3 is 0 Å². The molecule has 0 bridgehead atoms. The summed E-state index contributed by atoms with van der Waals surface area (Å²) in [5, 5.41) is 19.6. The van der Waals surface area contributed by atoms with Gasteiger partial charge in [0, 0.05) is 5.41 Å². The molecular weight excluding hydrogens is 224 g/mol. The van der Waals surface area contributed by atoms with Gasteiger partial charge in [0.2, 0.25) is 0 Å². The van der Waals surface area contributed by atoms with Crippen LogP contribution in [0.15, 0.2) is 24.3 Å². The molecule has 2 nitrogen and oxygen atoms in total. The van der Waals surface area contributed by atoms with E-state index >= 15 is 0 Å². The van der Waals surface area contributed by atoms with Crippen LogP contribution in [-0.2, 0) is 0 Å². The van der Waals surface area contributed by atoms with E-state index in [1.807, 2.05) is 0 Å². The van der Waals surface area contributed by atoms with Crippen LogP contribution in [0.1, 0.15) is 51.9 Å². The molecule has 18 heavy (non-hydrogen) atoms. The van der Waals surface area contributed by atoms with Gasteiger partial charge in [0.05, 0.1) is 12.2 Å². The molecule has 2 aliphatic carbocycles. The molecule has 0 aliphatic heterocycles. The van der Waals surface area contributed by atoms with Gasteiger partial charge in [-0.05, 0) is 38.0 Å². The van der Waals surface area contributed by atoms with E-state index in [0.29, 0.717) is 5.92 Å². The Balaban J connectivity index is 1.86. The van der Waals surface area contributed by atoms with E-state index in [9.17, 15) is 10.2 Å². The maximum Gasteiger partial charge on any atom is 0.0574 e. The molecule has 2 heteroatoms. The van der Waals surface area contributed by atoms with Crippen LogP contribution in [0.2, 0.25) is 0 Å². The summed E-state index contributed by atoms with van der Waals surface area (Å²) in [6.45, 7) is 2.15. The number of hydrogen-bond donors (Lipinski definition) is 2. The predicted octanol–water partition coefficient (Wildman–Crippen LogP) is 3.20. The highest BCUT2D eigenvalue weighted by molar-refractivity contribution is 5.23. The first-order valence-corrected chi connectivity index (χ1v) is 7.38. The van der Waals surface area contributed by atoms with E-state index in [-0.39, 0.29) is 17.6 Å². The summed E-state index contributed by atoms with van der Waals surface area (Å²) in [6, 6.07) is 0. The number of rotatable bonds is 6. The van der Waals surface area contributed by atoms with Gasteiger partial charge in [-0.15, -0.1) is 0 Å². The summed E-state index contributed by atoms with van der Waals surface area (Å²) >= 11 is 0. The molecule has 1 saturated carbocycles. The Labute approximate surface area is 110 Å². The summed E-state index contributed by atoms with van der Waals surface area (Å²) in [7, 11) is 0. The maximum absolute atomic E-state index is 9.83. The first-order valence-electron chi connectivity index (χ1n) is 7.38. The van der Waals surface area contributed by atoms with E-state index < -0.39 is 0 Å². The molecule has 0 saturated heterocycles. The topological polar surface area (TPSA) is 40.5 Å². The largest absolute Gasteiger partial charge is 0.393 e. The number of aliphatic hydroxyl groups excluding tert-OH is 2. The normalized spacial score (nSPS) is 36.4. The third-order valence-electron chi connectivity index (χ3n) is 4.48. The molecule has 1 fully saturated rings. The fraction of sp³-hybridized carbons (Fsp3) is 0.750. The number of fused-ring (bicyclic) bond motifs is 1. The molecule has 2 N–H and O–H groups in total. The van der Waals surface area contributed by atoms with Crippen molar-refractivity contribution in [2.45, 2.75) is 64.1 Å². The van der Waals surface area contributed by atoms with Crippen molar-refractivity contribution in [3.8, 4) is 0 Å². The van der Waals surface area contributed by atoms with Crippen molar-refractivity contribution in [1.82, 2.24) is 0 Å². The lowest BCUT2D eigenvalue weighted by Crippen LogP contribution is -2.16. The Morgan fingerprint density at radius 2 is 2.33 bits per heavy atom. The van der Waals surface area contributed by atoms with E-state index in [2.05, 4.69) is 31.2 Å². The maximum atomic E-state index is 9.83. The third kappa shape index (κ3) is 3.04. The van der Waals surface area contributed by atoms with Crippen molar-refractivity contribution in [2.24, 2.45) is 11.3 Å². The van der Waals surface area contributed by atoms with Gasteiger partial charge in [0.15, 0.2) is 0 Å².